The number of anilines is 3. The third-order valence-corrected chi connectivity index (χ3v) is 15.5. The van der Waals surface area contributed by atoms with E-state index in [9.17, 15) is 0 Å². The monoisotopic (exact) mass is 909 g/mol. The summed E-state index contributed by atoms with van der Waals surface area (Å²) in [6, 6.07) is 87.3. The first kappa shape index (κ1) is 43.7. The van der Waals surface area contributed by atoms with Crippen molar-refractivity contribution in [1.82, 2.24) is 0 Å². The molecule has 3 aliphatic carbocycles. The maximum atomic E-state index is 4.41. The van der Waals surface area contributed by atoms with Crippen LogP contribution >= 0.6 is 0 Å². The van der Waals surface area contributed by atoms with Crippen molar-refractivity contribution < 1.29 is 0 Å². The zero-order valence-electron chi connectivity index (χ0n) is 40.3. The van der Waals surface area contributed by atoms with Gasteiger partial charge in [-0.15, -0.1) is 0 Å². The fraction of sp³-hybridized carbons (Fsp3) is 0.0857. The maximum Gasteiger partial charge on any atom is 0.0720 e. The van der Waals surface area contributed by atoms with Gasteiger partial charge in [-0.25, -0.2) is 0 Å². The van der Waals surface area contributed by atoms with Crippen LogP contribution in [0.1, 0.15) is 64.3 Å². The van der Waals surface area contributed by atoms with Gasteiger partial charge in [-0.05, 0) is 137 Å². The summed E-state index contributed by atoms with van der Waals surface area (Å²) in [5.41, 5.74) is 20.7. The van der Waals surface area contributed by atoms with E-state index in [-0.39, 0.29) is 5.41 Å². The van der Waals surface area contributed by atoms with Crippen molar-refractivity contribution in [2.24, 2.45) is 5.92 Å². The molecule has 0 aliphatic heterocycles. The van der Waals surface area contributed by atoms with E-state index < -0.39 is 5.41 Å². The Morgan fingerprint density at radius 3 is 1.55 bits per heavy atom. The molecule has 0 heterocycles. The van der Waals surface area contributed by atoms with E-state index in [1.54, 1.807) is 0 Å². The van der Waals surface area contributed by atoms with Gasteiger partial charge in [0.15, 0.2) is 0 Å². The number of fused-ring (bicyclic) bond motifs is 4. The van der Waals surface area contributed by atoms with Crippen LogP contribution in [-0.2, 0) is 10.8 Å². The second kappa shape index (κ2) is 18.1. The lowest BCUT2D eigenvalue weighted by atomic mass is 9.65. The molecular formula is C70H55N. The first-order valence-electron chi connectivity index (χ1n) is 24.9. The van der Waals surface area contributed by atoms with Gasteiger partial charge in [0, 0.05) is 23.0 Å². The molecule has 3 unspecified atom stereocenters. The first-order valence-corrected chi connectivity index (χ1v) is 24.9. The summed E-state index contributed by atoms with van der Waals surface area (Å²) in [6.07, 6.45) is 13.7. The highest BCUT2D eigenvalue weighted by Gasteiger charge is 2.49. The summed E-state index contributed by atoms with van der Waals surface area (Å²) in [5, 5.41) is 0. The summed E-state index contributed by atoms with van der Waals surface area (Å²) in [5.74, 6) is 0.768. The Bertz CT molecular complexity index is 3520. The van der Waals surface area contributed by atoms with Crippen LogP contribution in [-0.4, -0.2) is 0 Å². The van der Waals surface area contributed by atoms with Crippen molar-refractivity contribution in [2.45, 2.75) is 30.6 Å². The quantitative estimate of drug-likeness (QED) is 0.117. The van der Waals surface area contributed by atoms with Gasteiger partial charge >= 0.3 is 0 Å². The van der Waals surface area contributed by atoms with Crippen LogP contribution in [0.2, 0.25) is 0 Å². The third-order valence-electron chi connectivity index (χ3n) is 15.5. The van der Waals surface area contributed by atoms with E-state index in [0.717, 1.165) is 28.2 Å². The van der Waals surface area contributed by atoms with Crippen molar-refractivity contribution in [3.63, 3.8) is 0 Å². The average molecular weight is 910 g/mol. The van der Waals surface area contributed by atoms with E-state index in [4.69, 9.17) is 0 Å². The number of nitrogens with zero attached hydrogens (tertiary/aromatic N) is 1. The van der Waals surface area contributed by atoms with Crippen molar-refractivity contribution in [1.29, 1.82) is 0 Å². The zero-order valence-corrected chi connectivity index (χ0v) is 40.3. The molecule has 9 aromatic carbocycles. The van der Waals surface area contributed by atoms with Crippen LogP contribution in [0.3, 0.4) is 0 Å². The highest BCUT2D eigenvalue weighted by molar-refractivity contribution is 6.11. The van der Waals surface area contributed by atoms with E-state index in [1.165, 1.54) is 72.3 Å². The van der Waals surface area contributed by atoms with Crippen LogP contribution in [0.15, 0.2) is 280 Å². The van der Waals surface area contributed by atoms with Gasteiger partial charge in [0.1, 0.15) is 0 Å². The molecule has 0 bridgehead atoms. The average Bonchev–Trinajstić information content (AvgIpc) is 3.86. The highest BCUT2D eigenvalue weighted by atomic mass is 15.1. The Balaban J connectivity index is 1.14. The second-order valence-electron chi connectivity index (χ2n) is 19.7. The lowest BCUT2D eigenvalue weighted by Crippen LogP contribution is -2.29. The van der Waals surface area contributed by atoms with Gasteiger partial charge in [0.2, 0.25) is 0 Å². The van der Waals surface area contributed by atoms with Crippen LogP contribution in [0.4, 0.5) is 17.1 Å². The van der Waals surface area contributed by atoms with Crippen molar-refractivity contribution in [3.05, 3.63) is 324 Å². The predicted molar refractivity (Wildman–Crippen MR) is 300 cm³/mol. The molecule has 12 rings (SSSR count). The SMILES string of the molecule is C=C/C(=C\C1=C(c2ccccc2)C(c2ccccc2)(c2ccc(-c3ccccc3)cc2)c2cc(N(c3ccc(-c4ccccc4)cc3)c3ccc4c(c3)C(C)(C)C3C=CC=CC43)ccc21)c1ccccc1. The molecule has 0 saturated heterocycles. The van der Waals surface area contributed by atoms with Crippen molar-refractivity contribution >= 4 is 33.8 Å². The van der Waals surface area contributed by atoms with Gasteiger partial charge in [0.25, 0.3) is 0 Å². The summed E-state index contributed by atoms with van der Waals surface area (Å²) in [6.45, 7) is 9.26. The topological polar surface area (TPSA) is 3.24 Å². The molecule has 1 heteroatoms. The molecule has 340 valence electrons. The molecule has 0 fully saturated rings. The molecule has 9 aromatic rings. The summed E-state index contributed by atoms with van der Waals surface area (Å²) < 4.78 is 0. The van der Waals surface area contributed by atoms with Crippen LogP contribution in [0, 0.1) is 5.92 Å². The van der Waals surface area contributed by atoms with Crippen molar-refractivity contribution in [3.8, 4) is 22.3 Å². The lowest BCUT2D eigenvalue weighted by molar-refractivity contribution is 0.394. The molecular weight excluding hydrogens is 855 g/mol. The van der Waals surface area contributed by atoms with Gasteiger partial charge in [0.05, 0.1) is 5.41 Å². The Morgan fingerprint density at radius 2 is 0.944 bits per heavy atom. The Morgan fingerprint density at radius 1 is 0.465 bits per heavy atom. The standard InChI is InChI=1S/C70H55N/c1-4-49(50-22-10-5-11-23-50)46-64-63-45-43-60(71(58-40-36-54(37-41-58)52-26-14-7-15-27-52)59-42-44-62-61-32-20-21-33-65(61)69(2,3)66(62)47-59)48-67(63)70(56-30-18-9-19-31-56,68(64)55-28-16-8-17-29-55)57-38-34-53(35-39-57)51-24-12-6-13-25-51/h4-48,61,65H,1H2,2-3H3/b49-46+. The van der Waals surface area contributed by atoms with E-state index >= 15 is 0 Å². The van der Waals surface area contributed by atoms with E-state index in [0.29, 0.717) is 11.8 Å². The number of allylic oxidation sites excluding steroid dienone is 9. The minimum absolute atomic E-state index is 0.0518. The Labute approximate surface area is 419 Å². The molecule has 0 radical (unpaired) electrons. The molecule has 0 saturated carbocycles. The minimum atomic E-state index is -0.741. The molecule has 71 heavy (non-hydrogen) atoms. The Hall–Kier alpha value is -8.52. The number of hydrogen-bond acceptors (Lipinski definition) is 1. The largest absolute Gasteiger partial charge is 0.310 e. The van der Waals surface area contributed by atoms with E-state index in [2.05, 4.69) is 292 Å². The van der Waals surface area contributed by atoms with Gasteiger partial charge in [-0.1, -0.05) is 251 Å². The van der Waals surface area contributed by atoms with Crippen LogP contribution in [0.5, 0.6) is 0 Å². The van der Waals surface area contributed by atoms with E-state index in [1.807, 2.05) is 6.08 Å². The molecule has 0 amide bonds. The summed E-state index contributed by atoms with van der Waals surface area (Å²) in [4.78, 5) is 2.49. The summed E-state index contributed by atoms with van der Waals surface area (Å²) >= 11 is 0. The molecule has 0 N–H and O–H groups in total. The number of hydrogen-bond donors (Lipinski definition) is 0. The number of rotatable bonds is 11. The molecule has 3 atom stereocenters. The second-order valence-corrected chi connectivity index (χ2v) is 19.7. The molecule has 3 aliphatic rings. The number of benzene rings is 9. The first-order chi connectivity index (χ1) is 34.9. The van der Waals surface area contributed by atoms with Crippen LogP contribution < -0.4 is 4.90 Å². The third kappa shape index (κ3) is 7.48. The predicted octanol–water partition coefficient (Wildman–Crippen LogP) is 18.1. The fourth-order valence-corrected chi connectivity index (χ4v) is 12.0. The fourth-order valence-electron chi connectivity index (χ4n) is 12.0. The Kier molecular flexibility index (Phi) is 11.1. The molecule has 0 spiro atoms. The zero-order chi connectivity index (χ0) is 47.9. The van der Waals surface area contributed by atoms with Crippen molar-refractivity contribution in [2.75, 3.05) is 4.90 Å². The van der Waals surface area contributed by atoms with Gasteiger partial charge in [-0.2, -0.15) is 0 Å². The minimum Gasteiger partial charge on any atom is -0.310 e. The smallest absolute Gasteiger partial charge is 0.0720 e. The van der Waals surface area contributed by atoms with Gasteiger partial charge < -0.3 is 4.90 Å². The molecule has 1 nitrogen and oxygen atoms in total. The lowest BCUT2D eigenvalue weighted by Gasteiger charge is -2.37. The molecule has 0 aromatic heterocycles. The van der Waals surface area contributed by atoms with Gasteiger partial charge in [-0.3, -0.25) is 0 Å². The maximum absolute atomic E-state index is 4.41. The summed E-state index contributed by atoms with van der Waals surface area (Å²) in [7, 11) is 0. The highest BCUT2D eigenvalue weighted by Crippen LogP contribution is 2.61. The van der Waals surface area contributed by atoms with Crippen LogP contribution in [0.25, 0.3) is 39.0 Å². The normalized spacial score (nSPS) is 18.4.